The molecule has 1 aliphatic heterocycles. The molecule has 8 nitrogen and oxygen atoms in total. The van der Waals surface area contributed by atoms with Crippen molar-refractivity contribution in [3.63, 3.8) is 0 Å². The minimum absolute atomic E-state index is 0.0717. The number of methoxy groups -OCH3 is 2. The molecule has 2 N–H and O–H groups in total. The number of carbonyl (C=O) groups excluding carboxylic acids is 2. The average molecular weight is 413 g/mol. The molecular formula is C22H27N3O5. The van der Waals surface area contributed by atoms with Crippen LogP contribution in [0.5, 0.6) is 11.5 Å². The molecule has 2 aromatic rings. The number of hydrogen-bond acceptors (Lipinski definition) is 6. The molecule has 0 aliphatic carbocycles. The lowest BCUT2D eigenvalue weighted by molar-refractivity contribution is -0.136. The highest BCUT2D eigenvalue weighted by atomic mass is 16.5. The summed E-state index contributed by atoms with van der Waals surface area (Å²) in [6.45, 7) is 3.09. The monoisotopic (exact) mass is 413 g/mol. The molecule has 1 heterocycles. The highest BCUT2D eigenvalue weighted by molar-refractivity contribution is 6.39. The Morgan fingerprint density at radius 3 is 2.07 bits per heavy atom. The van der Waals surface area contributed by atoms with E-state index >= 15 is 0 Å². The van der Waals surface area contributed by atoms with Crippen molar-refractivity contribution in [2.45, 2.75) is 6.04 Å². The van der Waals surface area contributed by atoms with Crippen LogP contribution in [-0.2, 0) is 14.3 Å². The van der Waals surface area contributed by atoms with Gasteiger partial charge in [0, 0.05) is 25.3 Å². The van der Waals surface area contributed by atoms with Crippen molar-refractivity contribution in [2.24, 2.45) is 0 Å². The first-order valence-electron chi connectivity index (χ1n) is 9.79. The molecule has 1 fully saturated rings. The molecule has 8 heteroatoms. The van der Waals surface area contributed by atoms with Gasteiger partial charge in [-0.1, -0.05) is 12.1 Å². The Bertz CT molecular complexity index is 833. The van der Waals surface area contributed by atoms with Gasteiger partial charge < -0.3 is 24.8 Å². The number of anilines is 1. The van der Waals surface area contributed by atoms with Gasteiger partial charge in [-0.05, 0) is 42.0 Å². The lowest BCUT2D eigenvalue weighted by Gasteiger charge is -2.34. The Morgan fingerprint density at radius 2 is 1.50 bits per heavy atom. The summed E-state index contributed by atoms with van der Waals surface area (Å²) in [6.07, 6.45) is 0. The van der Waals surface area contributed by atoms with Gasteiger partial charge in [0.15, 0.2) is 0 Å². The lowest BCUT2D eigenvalue weighted by atomic mass is 10.0. The molecule has 0 saturated carbocycles. The van der Waals surface area contributed by atoms with E-state index in [9.17, 15) is 9.59 Å². The predicted octanol–water partition coefficient (Wildman–Crippen LogP) is 1.83. The molecule has 0 aromatic heterocycles. The van der Waals surface area contributed by atoms with E-state index in [2.05, 4.69) is 15.5 Å². The summed E-state index contributed by atoms with van der Waals surface area (Å²) in [5.74, 6) is 0.0425. The molecule has 30 heavy (non-hydrogen) atoms. The highest BCUT2D eigenvalue weighted by Gasteiger charge is 2.24. The number of amides is 2. The van der Waals surface area contributed by atoms with Gasteiger partial charge in [-0.15, -0.1) is 0 Å². The molecule has 0 bridgehead atoms. The number of rotatable bonds is 7. The Labute approximate surface area is 176 Å². The first-order valence-corrected chi connectivity index (χ1v) is 9.79. The van der Waals surface area contributed by atoms with E-state index in [1.165, 1.54) is 0 Å². The number of hydrogen-bond donors (Lipinski definition) is 2. The first kappa shape index (κ1) is 21.6. The van der Waals surface area contributed by atoms with Crippen molar-refractivity contribution in [3.05, 3.63) is 54.1 Å². The van der Waals surface area contributed by atoms with E-state index in [4.69, 9.17) is 14.2 Å². The van der Waals surface area contributed by atoms with E-state index in [1.807, 2.05) is 24.3 Å². The normalized spacial score (nSPS) is 15.1. The predicted molar refractivity (Wildman–Crippen MR) is 113 cm³/mol. The van der Waals surface area contributed by atoms with Gasteiger partial charge in [0.1, 0.15) is 11.5 Å². The maximum absolute atomic E-state index is 12.4. The fraction of sp³-hybridized carbons (Fsp3) is 0.364. The molecule has 1 atom stereocenters. The second kappa shape index (κ2) is 10.6. The molecule has 0 radical (unpaired) electrons. The maximum Gasteiger partial charge on any atom is 0.313 e. The molecule has 1 saturated heterocycles. The van der Waals surface area contributed by atoms with Crippen LogP contribution >= 0.6 is 0 Å². The number of carbonyl (C=O) groups is 2. The van der Waals surface area contributed by atoms with Crippen LogP contribution in [-0.4, -0.2) is 63.8 Å². The fourth-order valence-electron chi connectivity index (χ4n) is 3.30. The van der Waals surface area contributed by atoms with Gasteiger partial charge in [0.25, 0.3) is 0 Å². The quantitative estimate of drug-likeness (QED) is 0.674. The number of morpholine rings is 1. The highest BCUT2D eigenvalue weighted by Crippen LogP contribution is 2.23. The Balaban J connectivity index is 1.62. The first-order chi connectivity index (χ1) is 14.6. The standard InChI is InChI=1S/C22H27N3O5/c1-28-18-7-3-16(4-8-18)20(25-11-13-30-14-12-25)15-23-21(26)22(27)24-17-5-9-19(29-2)10-6-17/h3-10,20H,11-15H2,1-2H3,(H,23,26)(H,24,27)/t20-/m1/s1. The maximum atomic E-state index is 12.4. The minimum Gasteiger partial charge on any atom is -0.497 e. The van der Waals surface area contributed by atoms with E-state index in [0.29, 0.717) is 31.2 Å². The van der Waals surface area contributed by atoms with Gasteiger partial charge in [-0.25, -0.2) is 0 Å². The van der Waals surface area contributed by atoms with E-state index in [0.717, 1.165) is 24.4 Å². The Kier molecular flexibility index (Phi) is 7.64. The molecule has 1 aliphatic rings. The second-order valence-corrected chi connectivity index (χ2v) is 6.83. The van der Waals surface area contributed by atoms with Gasteiger partial charge >= 0.3 is 11.8 Å². The van der Waals surface area contributed by atoms with Gasteiger partial charge in [0.2, 0.25) is 0 Å². The zero-order chi connectivity index (χ0) is 21.3. The molecule has 2 amide bonds. The Morgan fingerprint density at radius 1 is 0.933 bits per heavy atom. The van der Waals surface area contributed by atoms with Crippen LogP contribution in [0.25, 0.3) is 0 Å². The van der Waals surface area contributed by atoms with Gasteiger partial charge in [-0.2, -0.15) is 0 Å². The van der Waals surface area contributed by atoms with Crippen LogP contribution in [0.2, 0.25) is 0 Å². The minimum atomic E-state index is -0.712. The Hall–Kier alpha value is -3.10. The smallest absolute Gasteiger partial charge is 0.313 e. The zero-order valence-electron chi connectivity index (χ0n) is 17.2. The van der Waals surface area contributed by atoms with Crippen molar-refractivity contribution in [2.75, 3.05) is 52.4 Å². The van der Waals surface area contributed by atoms with Crippen LogP contribution in [0.3, 0.4) is 0 Å². The molecule has 160 valence electrons. The lowest BCUT2D eigenvalue weighted by Crippen LogP contribution is -2.45. The van der Waals surface area contributed by atoms with Crippen molar-refractivity contribution >= 4 is 17.5 Å². The number of nitrogens with one attached hydrogen (secondary N) is 2. The second-order valence-electron chi connectivity index (χ2n) is 6.83. The van der Waals surface area contributed by atoms with E-state index < -0.39 is 11.8 Å². The SMILES string of the molecule is COc1ccc(NC(=O)C(=O)NC[C@H](c2ccc(OC)cc2)N2CCOCC2)cc1. The van der Waals surface area contributed by atoms with Crippen LogP contribution in [0.4, 0.5) is 5.69 Å². The summed E-state index contributed by atoms with van der Waals surface area (Å²) in [4.78, 5) is 26.9. The molecule has 0 unspecified atom stereocenters. The summed E-state index contributed by atoms with van der Waals surface area (Å²) in [6, 6.07) is 14.4. The van der Waals surface area contributed by atoms with E-state index in [1.54, 1.807) is 38.5 Å². The van der Waals surface area contributed by atoms with Crippen molar-refractivity contribution < 1.29 is 23.8 Å². The largest absolute Gasteiger partial charge is 0.497 e. The number of benzene rings is 2. The number of nitrogens with zero attached hydrogens (tertiary/aromatic N) is 1. The molecule has 3 rings (SSSR count). The molecule has 2 aromatic carbocycles. The summed E-state index contributed by atoms with van der Waals surface area (Å²) < 4.78 is 15.8. The van der Waals surface area contributed by atoms with Crippen LogP contribution in [0.15, 0.2) is 48.5 Å². The zero-order valence-corrected chi connectivity index (χ0v) is 17.2. The third-order valence-corrected chi connectivity index (χ3v) is 5.00. The van der Waals surface area contributed by atoms with Gasteiger partial charge in [0.05, 0.1) is 33.5 Å². The molecular weight excluding hydrogens is 386 g/mol. The van der Waals surface area contributed by atoms with E-state index in [-0.39, 0.29) is 6.04 Å². The van der Waals surface area contributed by atoms with Crippen molar-refractivity contribution in [1.82, 2.24) is 10.2 Å². The van der Waals surface area contributed by atoms with Crippen molar-refractivity contribution in [3.8, 4) is 11.5 Å². The van der Waals surface area contributed by atoms with Crippen LogP contribution < -0.4 is 20.1 Å². The van der Waals surface area contributed by atoms with Gasteiger partial charge in [-0.3, -0.25) is 14.5 Å². The average Bonchev–Trinajstić information content (AvgIpc) is 2.80. The summed E-state index contributed by atoms with van der Waals surface area (Å²) >= 11 is 0. The summed E-state index contributed by atoms with van der Waals surface area (Å²) in [5, 5.41) is 5.35. The molecule has 0 spiro atoms. The van der Waals surface area contributed by atoms with Crippen LogP contribution in [0, 0.1) is 0 Å². The topological polar surface area (TPSA) is 89.1 Å². The summed E-state index contributed by atoms with van der Waals surface area (Å²) in [7, 11) is 3.19. The third-order valence-electron chi connectivity index (χ3n) is 5.00. The third kappa shape index (κ3) is 5.71. The fourth-order valence-corrected chi connectivity index (χ4v) is 3.30. The number of ether oxygens (including phenoxy) is 3. The van der Waals surface area contributed by atoms with Crippen molar-refractivity contribution in [1.29, 1.82) is 0 Å². The summed E-state index contributed by atoms with van der Waals surface area (Å²) in [5.41, 5.74) is 1.56. The van der Waals surface area contributed by atoms with Crippen LogP contribution in [0.1, 0.15) is 11.6 Å².